The molecule has 1 aliphatic rings. The highest BCUT2D eigenvalue weighted by Gasteiger charge is 2.17. The van der Waals surface area contributed by atoms with Crippen molar-refractivity contribution in [3.8, 4) is 0 Å². The molecule has 3 nitrogen and oxygen atoms in total. The molecule has 1 saturated heterocycles. The minimum absolute atomic E-state index is 0.149. The van der Waals surface area contributed by atoms with Crippen molar-refractivity contribution in [2.75, 3.05) is 13.1 Å². The topological polar surface area (TPSA) is 36.4 Å². The fourth-order valence-corrected chi connectivity index (χ4v) is 2.00. The molecule has 15 heavy (non-hydrogen) atoms. The molecule has 0 amide bonds. The van der Waals surface area contributed by atoms with Crippen LogP contribution in [0.5, 0.6) is 0 Å². The van der Waals surface area contributed by atoms with Gasteiger partial charge in [0.15, 0.2) is 0 Å². The first-order valence-corrected chi connectivity index (χ1v) is 5.56. The second-order valence-corrected chi connectivity index (χ2v) is 4.36. The van der Waals surface area contributed by atoms with Crippen LogP contribution < -0.4 is 0 Å². The summed E-state index contributed by atoms with van der Waals surface area (Å²) >= 11 is 0. The number of hydrogen-bond donors (Lipinski definition) is 1. The molecular formula is C12H18N2O. The monoisotopic (exact) mass is 206 g/mol. The number of rotatable bonds is 2. The number of aliphatic hydroxyl groups excluding tert-OH is 1. The van der Waals surface area contributed by atoms with Gasteiger partial charge in [0.05, 0.1) is 11.8 Å². The Morgan fingerprint density at radius 1 is 1.53 bits per heavy atom. The van der Waals surface area contributed by atoms with Gasteiger partial charge in [0, 0.05) is 19.3 Å². The maximum atomic E-state index is 9.54. The van der Waals surface area contributed by atoms with E-state index in [0.29, 0.717) is 0 Å². The van der Waals surface area contributed by atoms with Crippen molar-refractivity contribution < 1.29 is 5.11 Å². The fourth-order valence-electron chi connectivity index (χ4n) is 2.00. The SMILES string of the molecule is Cc1ccc(CN2CCCC(O)C2)nc1. The van der Waals surface area contributed by atoms with Gasteiger partial charge in [0.25, 0.3) is 0 Å². The van der Waals surface area contributed by atoms with Crippen LogP contribution in [0.2, 0.25) is 0 Å². The van der Waals surface area contributed by atoms with Gasteiger partial charge in [-0.15, -0.1) is 0 Å². The molecule has 3 heteroatoms. The van der Waals surface area contributed by atoms with Crippen molar-refractivity contribution in [1.82, 2.24) is 9.88 Å². The highest BCUT2D eigenvalue weighted by Crippen LogP contribution is 2.12. The van der Waals surface area contributed by atoms with Gasteiger partial charge in [-0.25, -0.2) is 0 Å². The molecule has 1 aromatic heterocycles. The first-order valence-electron chi connectivity index (χ1n) is 5.56. The van der Waals surface area contributed by atoms with Crippen LogP contribution in [-0.2, 0) is 6.54 Å². The summed E-state index contributed by atoms with van der Waals surface area (Å²) < 4.78 is 0. The second kappa shape index (κ2) is 4.73. The Hall–Kier alpha value is -0.930. The normalized spacial score (nSPS) is 22.9. The maximum Gasteiger partial charge on any atom is 0.0667 e. The van der Waals surface area contributed by atoms with Gasteiger partial charge in [-0.3, -0.25) is 9.88 Å². The Labute approximate surface area is 90.8 Å². The lowest BCUT2D eigenvalue weighted by atomic mass is 10.1. The average Bonchev–Trinajstić information content (AvgIpc) is 2.22. The Morgan fingerprint density at radius 2 is 2.40 bits per heavy atom. The van der Waals surface area contributed by atoms with E-state index in [1.165, 1.54) is 5.56 Å². The van der Waals surface area contributed by atoms with Crippen LogP contribution in [-0.4, -0.2) is 34.2 Å². The molecule has 1 unspecified atom stereocenters. The van der Waals surface area contributed by atoms with Crippen molar-refractivity contribution in [2.24, 2.45) is 0 Å². The van der Waals surface area contributed by atoms with E-state index in [-0.39, 0.29) is 6.10 Å². The van der Waals surface area contributed by atoms with E-state index >= 15 is 0 Å². The van der Waals surface area contributed by atoms with E-state index in [1.54, 1.807) is 0 Å². The summed E-state index contributed by atoms with van der Waals surface area (Å²) in [5.41, 5.74) is 2.28. The molecule has 0 spiro atoms. The number of nitrogens with zero attached hydrogens (tertiary/aromatic N) is 2. The average molecular weight is 206 g/mol. The van der Waals surface area contributed by atoms with Crippen LogP contribution in [0.4, 0.5) is 0 Å². The molecule has 0 bridgehead atoms. The Bertz CT molecular complexity index is 310. The summed E-state index contributed by atoms with van der Waals surface area (Å²) in [5.74, 6) is 0. The van der Waals surface area contributed by atoms with E-state index < -0.39 is 0 Å². The Kier molecular flexibility index (Phi) is 3.34. The van der Waals surface area contributed by atoms with Crippen LogP contribution in [0.3, 0.4) is 0 Å². The van der Waals surface area contributed by atoms with Gasteiger partial charge in [-0.2, -0.15) is 0 Å². The van der Waals surface area contributed by atoms with Gasteiger partial charge >= 0.3 is 0 Å². The fraction of sp³-hybridized carbons (Fsp3) is 0.583. The first-order chi connectivity index (χ1) is 7.24. The minimum Gasteiger partial charge on any atom is -0.392 e. The minimum atomic E-state index is -0.149. The lowest BCUT2D eigenvalue weighted by molar-refractivity contribution is 0.0662. The molecule has 1 fully saturated rings. The molecule has 0 aromatic carbocycles. The number of likely N-dealkylation sites (tertiary alicyclic amines) is 1. The van der Waals surface area contributed by atoms with Crippen molar-refractivity contribution in [3.05, 3.63) is 29.6 Å². The number of aliphatic hydroxyl groups is 1. The number of β-amino-alcohol motifs (C(OH)–C–C–N with tert-alkyl or cyclic N) is 1. The number of hydrogen-bond acceptors (Lipinski definition) is 3. The first kappa shape index (κ1) is 10.6. The summed E-state index contributed by atoms with van der Waals surface area (Å²) in [6.07, 6.45) is 3.78. The summed E-state index contributed by atoms with van der Waals surface area (Å²) in [5, 5.41) is 9.54. The van der Waals surface area contributed by atoms with E-state index in [4.69, 9.17) is 0 Å². The standard InChI is InChI=1S/C12H18N2O/c1-10-4-5-11(13-7-10)8-14-6-2-3-12(15)9-14/h4-5,7,12,15H,2-3,6,8-9H2,1H3. The highest BCUT2D eigenvalue weighted by atomic mass is 16.3. The highest BCUT2D eigenvalue weighted by molar-refractivity contribution is 5.12. The molecule has 2 rings (SSSR count). The molecule has 2 heterocycles. The molecule has 1 N–H and O–H groups in total. The Morgan fingerprint density at radius 3 is 3.07 bits per heavy atom. The second-order valence-electron chi connectivity index (χ2n) is 4.36. The number of aryl methyl sites for hydroxylation is 1. The summed E-state index contributed by atoms with van der Waals surface area (Å²) in [4.78, 5) is 6.64. The van der Waals surface area contributed by atoms with Gasteiger partial charge in [0.2, 0.25) is 0 Å². The van der Waals surface area contributed by atoms with Crippen LogP contribution in [0, 0.1) is 6.92 Å². The molecule has 0 aliphatic carbocycles. The van der Waals surface area contributed by atoms with Gasteiger partial charge in [0.1, 0.15) is 0 Å². The van der Waals surface area contributed by atoms with Gasteiger partial charge < -0.3 is 5.11 Å². The zero-order valence-corrected chi connectivity index (χ0v) is 9.19. The molecule has 1 aromatic rings. The zero-order valence-electron chi connectivity index (χ0n) is 9.19. The number of piperidine rings is 1. The number of aromatic nitrogens is 1. The van der Waals surface area contributed by atoms with E-state index in [1.807, 2.05) is 13.1 Å². The molecule has 0 saturated carbocycles. The van der Waals surface area contributed by atoms with E-state index in [9.17, 15) is 5.11 Å². The third-order valence-corrected chi connectivity index (χ3v) is 2.84. The van der Waals surface area contributed by atoms with E-state index in [0.717, 1.165) is 38.2 Å². The molecule has 1 atom stereocenters. The summed E-state index contributed by atoms with van der Waals surface area (Å²) in [6, 6.07) is 4.15. The Balaban J connectivity index is 1.93. The van der Waals surface area contributed by atoms with Crippen molar-refractivity contribution >= 4 is 0 Å². The van der Waals surface area contributed by atoms with Crippen molar-refractivity contribution in [3.63, 3.8) is 0 Å². The maximum absolute atomic E-state index is 9.54. The van der Waals surface area contributed by atoms with Crippen LogP contribution in [0.25, 0.3) is 0 Å². The van der Waals surface area contributed by atoms with Crippen LogP contribution >= 0.6 is 0 Å². The lowest BCUT2D eigenvalue weighted by Crippen LogP contribution is -2.37. The molecule has 82 valence electrons. The van der Waals surface area contributed by atoms with Crippen LogP contribution in [0.15, 0.2) is 18.3 Å². The van der Waals surface area contributed by atoms with Gasteiger partial charge in [-0.1, -0.05) is 6.07 Å². The zero-order chi connectivity index (χ0) is 10.7. The molecule has 1 aliphatic heterocycles. The van der Waals surface area contributed by atoms with Crippen molar-refractivity contribution in [1.29, 1.82) is 0 Å². The quantitative estimate of drug-likeness (QED) is 0.793. The predicted molar refractivity (Wildman–Crippen MR) is 59.5 cm³/mol. The summed E-state index contributed by atoms with van der Waals surface area (Å²) in [7, 11) is 0. The largest absolute Gasteiger partial charge is 0.392 e. The van der Waals surface area contributed by atoms with Crippen molar-refractivity contribution in [2.45, 2.75) is 32.4 Å². The smallest absolute Gasteiger partial charge is 0.0667 e. The van der Waals surface area contributed by atoms with Crippen LogP contribution in [0.1, 0.15) is 24.1 Å². The third-order valence-electron chi connectivity index (χ3n) is 2.84. The summed E-state index contributed by atoms with van der Waals surface area (Å²) in [6.45, 7) is 4.76. The molecular weight excluding hydrogens is 188 g/mol. The number of pyridine rings is 1. The van der Waals surface area contributed by atoms with E-state index in [2.05, 4.69) is 22.0 Å². The predicted octanol–water partition coefficient (Wildman–Crippen LogP) is 1.35. The van der Waals surface area contributed by atoms with Gasteiger partial charge in [-0.05, 0) is 37.9 Å². The lowest BCUT2D eigenvalue weighted by Gasteiger charge is -2.29. The third kappa shape index (κ3) is 3.01. The molecule has 0 radical (unpaired) electrons.